The molecule has 2 saturated heterocycles. The van der Waals surface area contributed by atoms with E-state index in [0.29, 0.717) is 18.5 Å². The van der Waals surface area contributed by atoms with Crippen LogP contribution in [0.3, 0.4) is 0 Å². The van der Waals surface area contributed by atoms with Crippen LogP contribution in [-0.2, 0) is 16.1 Å². The fraction of sp³-hybridized carbons (Fsp3) is 0.526. The van der Waals surface area contributed by atoms with Crippen molar-refractivity contribution >= 4 is 23.4 Å². The highest BCUT2D eigenvalue weighted by Gasteiger charge is 2.48. The molecule has 3 amide bonds. The molecule has 26 heavy (non-hydrogen) atoms. The number of likely N-dealkylation sites (N-methyl/N-ethyl adjacent to an activating group) is 1. The summed E-state index contributed by atoms with van der Waals surface area (Å²) in [6.45, 7) is 6.14. The number of nitrogens with one attached hydrogen (secondary N) is 1. The molecule has 3 aliphatic heterocycles. The second kappa shape index (κ2) is 6.09. The molecule has 1 aromatic rings. The van der Waals surface area contributed by atoms with E-state index in [1.807, 2.05) is 12.1 Å². The third kappa shape index (κ3) is 2.67. The summed E-state index contributed by atoms with van der Waals surface area (Å²) in [5.41, 5.74) is 1.77. The molecular weight excluding hydrogens is 332 g/mol. The Balaban J connectivity index is 1.58. The summed E-state index contributed by atoms with van der Waals surface area (Å²) in [6.07, 6.45) is 0.623. The maximum absolute atomic E-state index is 12.9. The number of fused-ring (bicyclic) bond motifs is 1. The van der Waals surface area contributed by atoms with E-state index in [1.165, 1.54) is 0 Å². The Morgan fingerprint density at radius 2 is 1.81 bits per heavy atom. The van der Waals surface area contributed by atoms with Crippen LogP contribution in [0.25, 0.3) is 0 Å². The zero-order valence-corrected chi connectivity index (χ0v) is 15.2. The van der Waals surface area contributed by atoms with Crippen LogP contribution in [-0.4, -0.2) is 66.3 Å². The third-order valence-corrected chi connectivity index (χ3v) is 5.94. The third-order valence-electron chi connectivity index (χ3n) is 5.94. The van der Waals surface area contributed by atoms with Crippen LogP contribution in [0, 0.1) is 0 Å². The topological polar surface area (TPSA) is 73.0 Å². The monoisotopic (exact) mass is 356 g/mol. The maximum atomic E-state index is 12.9. The molecule has 3 heterocycles. The van der Waals surface area contributed by atoms with Gasteiger partial charge < -0.3 is 14.7 Å². The van der Waals surface area contributed by atoms with Crippen molar-refractivity contribution in [1.29, 1.82) is 0 Å². The minimum absolute atomic E-state index is 0.128. The SMILES string of the molecule is CN1CCN(c2ccc3c(c2)CN([C@@]2(C)CCC(=O)NC2=O)C3=O)CC1. The number of carbonyl (C=O) groups is 3. The standard InChI is InChI=1S/C19H24N4O3/c1-19(6-5-16(24)20-18(19)26)23-12-13-11-14(3-4-15(13)17(23)25)22-9-7-21(2)8-10-22/h3-4,11H,5-10,12H2,1-2H3,(H,20,24,26)/t19-/m0/s1. The number of piperidine rings is 1. The fourth-order valence-corrected chi connectivity index (χ4v) is 4.02. The van der Waals surface area contributed by atoms with Crippen LogP contribution in [0.2, 0.25) is 0 Å². The van der Waals surface area contributed by atoms with Gasteiger partial charge in [-0.05, 0) is 44.2 Å². The summed E-state index contributed by atoms with van der Waals surface area (Å²) in [5.74, 6) is -0.778. The van der Waals surface area contributed by atoms with Crippen molar-refractivity contribution in [2.24, 2.45) is 0 Å². The van der Waals surface area contributed by atoms with Crippen molar-refractivity contribution < 1.29 is 14.4 Å². The highest BCUT2D eigenvalue weighted by Crippen LogP contribution is 2.35. The predicted octanol–water partition coefficient (Wildman–Crippen LogP) is 0.590. The minimum atomic E-state index is -0.974. The first-order valence-electron chi connectivity index (χ1n) is 9.11. The van der Waals surface area contributed by atoms with Crippen molar-refractivity contribution in [3.05, 3.63) is 29.3 Å². The van der Waals surface area contributed by atoms with Gasteiger partial charge in [0.05, 0.1) is 0 Å². The van der Waals surface area contributed by atoms with E-state index in [9.17, 15) is 14.4 Å². The number of rotatable bonds is 2. The molecule has 0 aliphatic carbocycles. The highest BCUT2D eigenvalue weighted by molar-refractivity contribution is 6.07. The first-order valence-corrected chi connectivity index (χ1v) is 9.11. The zero-order valence-electron chi connectivity index (χ0n) is 15.2. The molecule has 7 nitrogen and oxygen atoms in total. The fourth-order valence-electron chi connectivity index (χ4n) is 4.02. The Kier molecular flexibility index (Phi) is 3.99. The quantitative estimate of drug-likeness (QED) is 0.785. The van der Waals surface area contributed by atoms with E-state index in [2.05, 4.69) is 28.2 Å². The number of piperazine rings is 1. The Labute approximate surface area is 152 Å². The number of anilines is 1. The van der Waals surface area contributed by atoms with E-state index in [4.69, 9.17) is 0 Å². The molecule has 7 heteroatoms. The van der Waals surface area contributed by atoms with Gasteiger partial charge >= 0.3 is 0 Å². The predicted molar refractivity (Wildman–Crippen MR) is 96.8 cm³/mol. The Morgan fingerprint density at radius 1 is 1.08 bits per heavy atom. The number of benzene rings is 1. The number of hydrogen-bond acceptors (Lipinski definition) is 5. The molecule has 0 bridgehead atoms. The number of carbonyl (C=O) groups excluding carboxylic acids is 3. The number of nitrogens with zero attached hydrogens (tertiary/aromatic N) is 3. The molecule has 1 atom stereocenters. The molecule has 0 saturated carbocycles. The van der Waals surface area contributed by atoms with Gasteiger partial charge in [-0.1, -0.05) is 0 Å². The van der Waals surface area contributed by atoms with Crippen LogP contribution in [0.4, 0.5) is 5.69 Å². The van der Waals surface area contributed by atoms with Gasteiger partial charge in [0.2, 0.25) is 5.91 Å². The van der Waals surface area contributed by atoms with Crippen LogP contribution in [0.1, 0.15) is 35.7 Å². The number of amides is 3. The molecule has 0 aromatic heterocycles. The summed E-state index contributed by atoms with van der Waals surface area (Å²) < 4.78 is 0. The lowest BCUT2D eigenvalue weighted by Gasteiger charge is -2.39. The Bertz CT molecular complexity index is 785. The van der Waals surface area contributed by atoms with Crippen molar-refractivity contribution in [3.8, 4) is 0 Å². The number of hydrogen-bond donors (Lipinski definition) is 1. The van der Waals surface area contributed by atoms with Gasteiger partial charge in [-0.25, -0.2) is 0 Å². The van der Waals surface area contributed by atoms with Gasteiger partial charge in [-0.2, -0.15) is 0 Å². The van der Waals surface area contributed by atoms with E-state index in [0.717, 1.165) is 37.4 Å². The minimum Gasteiger partial charge on any atom is -0.369 e. The second-order valence-electron chi connectivity index (χ2n) is 7.67. The molecule has 1 aromatic carbocycles. The second-order valence-corrected chi connectivity index (χ2v) is 7.67. The first kappa shape index (κ1) is 17.0. The van der Waals surface area contributed by atoms with Crippen molar-refractivity contribution in [3.63, 3.8) is 0 Å². The lowest BCUT2D eigenvalue weighted by molar-refractivity contribution is -0.142. The van der Waals surface area contributed by atoms with Crippen molar-refractivity contribution in [2.75, 3.05) is 38.1 Å². The molecular formula is C19H24N4O3. The lowest BCUT2D eigenvalue weighted by atomic mass is 9.89. The molecule has 0 unspecified atom stereocenters. The molecule has 138 valence electrons. The Hall–Kier alpha value is -2.41. The Morgan fingerprint density at radius 3 is 2.50 bits per heavy atom. The molecule has 2 fully saturated rings. The van der Waals surface area contributed by atoms with Crippen molar-refractivity contribution in [1.82, 2.24) is 15.1 Å². The van der Waals surface area contributed by atoms with Crippen LogP contribution in [0.5, 0.6) is 0 Å². The van der Waals surface area contributed by atoms with Gasteiger partial charge in [-0.3, -0.25) is 19.7 Å². The first-order chi connectivity index (χ1) is 12.4. The summed E-state index contributed by atoms with van der Waals surface area (Å²) in [6, 6.07) is 5.95. The van der Waals surface area contributed by atoms with Crippen LogP contribution in [0.15, 0.2) is 18.2 Å². The summed E-state index contributed by atoms with van der Waals surface area (Å²) in [5, 5.41) is 2.38. The summed E-state index contributed by atoms with van der Waals surface area (Å²) in [7, 11) is 2.12. The molecule has 3 aliphatic rings. The zero-order chi connectivity index (χ0) is 18.5. The number of imide groups is 1. The average molecular weight is 356 g/mol. The largest absolute Gasteiger partial charge is 0.369 e. The molecule has 1 N–H and O–H groups in total. The maximum Gasteiger partial charge on any atom is 0.255 e. The van der Waals surface area contributed by atoms with E-state index >= 15 is 0 Å². The van der Waals surface area contributed by atoms with Gasteiger partial charge in [-0.15, -0.1) is 0 Å². The molecule has 0 radical (unpaired) electrons. The smallest absolute Gasteiger partial charge is 0.255 e. The average Bonchev–Trinajstić information content (AvgIpc) is 2.96. The highest BCUT2D eigenvalue weighted by atomic mass is 16.2. The summed E-state index contributed by atoms with van der Waals surface area (Å²) >= 11 is 0. The van der Waals surface area contributed by atoms with E-state index in [-0.39, 0.29) is 24.1 Å². The van der Waals surface area contributed by atoms with Gasteiger partial charge in [0.1, 0.15) is 5.54 Å². The molecule has 0 spiro atoms. The lowest BCUT2D eigenvalue weighted by Crippen LogP contribution is -2.61. The van der Waals surface area contributed by atoms with Crippen LogP contribution < -0.4 is 10.2 Å². The van der Waals surface area contributed by atoms with Gasteiger partial charge in [0.15, 0.2) is 0 Å². The normalized spacial score (nSPS) is 26.9. The molecule has 4 rings (SSSR count). The summed E-state index contributed by atoms with van der Waals surface area (Å²) in [4.78, 5) is 43.0. The van der Waals surface area contributed by atoms with E-state index < -0.39 is 5.54 Å². The van der Waals surface area contributed by atoms with Crippen LogP contribution >= 0.6 is 0 Å². The van der Waals surface area contributed by atoms with E-state index in [1.54, 1.807) is 11.8 Å². The van der Waals surface area contributed by atoms with Crippen molar-refractivity contribution in [2.45, 2.75) is 31.8 Å². The van der Waals surface area contributed by atoms with Gasteiger partial charge in [0.25, 0.3) is 11.8 Å². The van der Waals surface area contributed by atoms with Gasteiger partial charge in [0, 0.05) is 50.4 Å².